The van der Waals surface area contributed by atoms with Gasteiger partial charge in [0.15, 0.2) is 5.78 Å². The number of aromatic nitrogens is 2. The predicted octanol–water partition coefficient (Wildman–Crippen LogP) is 5.71. The number of hydrogen-bond donors (Lipinski definition) is 2. The Morgan fingerprint density at radius 1 is 0.964 bits per heavy atom. The van der Waals surface area contributed by atoms with E-state index in [1.165, 1.54) is 0 Å². The molecule has 3 aromatic carbocycles. The van der Waals surface area contributed by atoms with Crippen molar-refractivity contribution >= 4 is 27.3 Å². The lowest BCUT2D eigenvalue weighted by Gasteiger charge is -2.06. The van der Waals surface area contributed by atoms with E-state index < -0.39 is 0 Å². The van der Waals surface area contributed by atoms with Crippen LogP contribution in [-0.2, 0) is 6.54 Å². The van der Waals surface area contributed by atoms with E-state index in [0.29, 0.717) is 6.54 Å². The van der Waals surface area contributed by atoms with Crippen LogP contribution in [0.2, 0.25) is 0 Å². The molecule has 0 bridgehead atoms. The van der Waals surface area contributed by atoms with Gasteiger partial charge in [0, 0.05) is 11.1 Å². The lowest BCUT2D eigenvalue weighted by atomic mass is 9.99. The zero-order valence-electron chi connectivity index (χ0n) is 16.9. The van der Waals surface area contributed by atoms with Crippen LogP contribution in [0.4, 0.5) is 0 Å². The third-order valence-corrected chi connectivity index (χ3v) is 4.33. The standard InChI is InChI=1S/C20H17N3O.C4H10/c1-12(24)13-2-3-14-8-18-9-16(19-11-22-20(10-21)23-19)5-4-15(18)7-17(14)6-13;1-4(2)3/h2-9,11H,10,21H2,1H3,(H,22,23);4H,1-3H3. The lowest BCUT2D eigenvalue weighted by Crippen LogP contribution is -1.97. The van der Waals surface area contributed by atoms with E-state index in [1.54, 1.807) is 6.92 Å². The number of imidazole rings is 1. The van der Waals surface area contributed by atoms with Gasteiger partial charge in [-0.15, -0.1) is 0 Å². The SMILES string of the molecule is CC(=O)c1ccc2cc3cc(-c4cnc(CN)[nH]4)ccc3cc2c1.CC(C)C. The molecule has 4 heteroatoms. The number of nitrogens with one attached hydrogen (secondary N) is 1. The maximum atomic E-state index is 11.6. The first kappa shape index (κ1) is 19.8. The summed E-state index contributed by atoms with van der Waals surface area (Å²) in [6.45, 7) is 8.49. The molecule has 0 spiro atoms. The van der Waals surface area contributed by atoms with Gasteiger partial charge in [0.2, 0.25) is 0 Å². The zero-order chi connectivity index (χ0) is 20.3. The summed E-state index contributed by atoms with van der Waals surface area (Å²) >= 11 is 0. The fourth-order valence-electron chi connectivity index (χ4n) is 3.00. The van der Waals surface area contributed by atoms with Crippen molar-refractivity contribution in [1.29, 1.82) is 0 Å². The van der Waals surface area contributed by atoms with E-state index >= 15 is 0 Å². The summed E-state index contributed by atoms with van der Waals surface area (Å²) in [7, 11) is 0. The molecule has 0 unspecified atom stereocenters. The average Bonchev–Trinajstić information content (AvgIpc) is 3.14. The topological polar surface area (TPSA) is 71.8 Å². The molecule has 4 rings (SSSR count). The number of aromatic amines is 1. The quantitative estimate of drug-likeness (QED) is 0.357. The van der Waals surface area contributed by atoms with Crippen molar-refractivity contribution in [2.45, 2.75) is 34.2 Å². The average molecular weight is 374 g/mol. The summed E-state index contributed by atoms with van der Waals surface area (Å²) in [5.74, 6) is 1.70. The Balaban J connectivity index is 0.000000516. The van der Waals surface area contributed by atoms with Gasteiger partial charge >= 0.3 is 0 Å². The van der Waals surface area contributed by atoms with Crippen molar-refractivity contribution in [3.63, 3.8) is 0 Å². The summed E-state index contributed by atoms with van der Waals surface area (Å²) < 4.78 is 0. The maximum absolute atomic E-state index is 11.6. The zero-order valence-corrected chi connectivity index (χ0v) is 16.9. The number of hydrogen-bond acceptors (Lipinski definition) is 3. The van der Waals surface area contributed by atoms with Crippen LogP contribution in [0.3, 0.4) is 0 Å². The molecule has 144 valence electrons. The molecule has 28 heavy (non-hydrogen) atoms. The molecular weight excluding hydrogens is 346 g/mol. The number of benzene rings is 3. The molecule has 1 heterocycles. The van der Waals surface area contributed by atoms with E-state index in [-0.39, 0.29) is 5.78 Å². The number of ketones is 1. The Morgan fingerprint density at radius 3 is 2.14 bits per heavy atom. The Hall–Kier alpha value is -2.98. The highest BCUT2D eigenvalue weighted by molar-refractivity contribution is 6.03. The first-order chi connectivity index (χ1) is 13.4. The van der Waals surface area contributed by atoms with Gasteiger partial charge in [-0.05, 0) is 58.7 Å². The van der Waals surface area contributed by atoms with E-state index in [1.807, 2.05) is 24.4 Å². The third kappa shape index (κ3) is 4.46. The van der Waals surface area contributed by atoms with Crippen LogP contribution in [0.25, 0.3) is 32.8 Å². The molecule has 0 amide bonds. The normalized spacial score (nSPS) is 10.9. The minimum Gasteiger partial charge on any atom is -0.341 e. The Bertz CT molecular complexity index is 1120. The van der Waals surface area contributed by atoms with Gasteiger partial charge in [-0.25, -0.2) is 4.98 Å². The van der Waals surface area contributed by atoms with Crippen LogP contribution in [0.1, 0.15) is 43.9 Å². The van der Waals surface area contributed by atoms with Crippen LogP contribution >= 0.6 is 0 Å². The van der Waals surface area contributed by atoms with Crippen LogP contribution < -0.4 is 5.73 Å². The second-order valence-corrected chi connectivity index (χ2v) is 7.71. The number of carbonyl (C=O) groups is 1. The molecule has 0 saturated heterocycles. The van der Waals surface area contributed by atoms with Gasteiger partial charge in [-0.3, -0.25) is 4.79 Å². The minimum absolute atomic E-state index is 0.0855. The fraction of sp³-hybridized carbons (Fsp3) is 0.250. The smallest absolute Gasteiger partial charge is 0.159 e. The van der Waals surface area contributed by atoms with Crippen molar-refractivity contribution in [2.75, 3.05) is 0 Å². The molecule has 0 aliphatic rings. The highest BCUT2D eigenvalue weighted by atomic mass is 16.1. The molecule has 4 nitrogen and oxygen atoms in total. The van der Waals surface area contributed by atoms with Gasteiger partial charge in [-0.2, -0.15) is 0 Å². The van der Waals surface area contributed by atoms with E-state index in [0.717, 1.165) is 50.1 Å². The fourth-order valence-corrected chi connectivity index (χ4v) is 3.00. The first-order valence-electron chi connectivity index (χ1n) is 9.60. The van der Waals surface area contributed by atoms with Crippen LogP contribution in [0.5, 0.6) is 0 Å². The number of H-pyrrole nitrogens is 1. The summed E-state index contributed by atoms with van der Waals surface area (Å²) in [6, 6.07) is 16.4. The van der Waals surface area contributed by atoms with E-state index in [4.69, 9.17) is 5.73 Å². The third-order valence-electron chi connectivity index (χ3n) is 4.33. The second-order valence-electron chi connectivity index (χ2n) is 7.71. The minimum atomic E-state index is 0.0855. The monoisotopic (exact) mass is 373 g/mol. The van der Waals surface area contributed by atoms with Crippen LogP contribution in [0, 0.1) is 5.92 Å². The number of nitrogens with zero attached hydrogens (tertiary/aromatic N) is 1. The molecule has 0 fully saturated rings. The molecule has 0 radical (unpaired) electrons. The number of nitrogens with two attached hydrogens (primary N) is 1. The molecule has 0 saturated carbocycles. The molecular formula is C24H27N3O. The highest BCUT2D eigenvalue weighted by Crippen LogP contribution is 2.28. The maximum Gasteiger partial charge on any atom is 0.159 e. The number of rotatable bonds is 3. The van der Waals surface area contributed by atoms with Crippen molar-refractivity contribution in [1.82, 2.24) is 9.97 Å². The molecule has 0 aliphatic carbocycles. The van der Waals surface area contributed by atoms with Crippen molar-refractivity contribution in [3.05, 3.63) is 66.1 Å². The summed E-state index contributed by atoms with van der Waals surface area (Å²) in [5.41, 5.74) is 8.39. The highest BCUT2D eigenvalue weighted by Gasteiger charge is 2.06. The number of carbonyl (C=O) groups excluding carboxylic acids is 1. The van der Waals surface area contributed by atoms with Crippen molar-refractivity contribution in [2.24, 2.45) is 11.7 Å². The van der Waals surface area contributed by atoms with Gasteiger partial charge < -0.3 is 10.7 Å². The number of Topliss-reactive ketones (excluding diaryl/α,β-unsaturated/α-hetero) is 1. The van der Waals surface area contributed by atoms with E-state index in [9.17, 15) is 4.79 Å². The van der Waals surface area contributed by atoms with Gasteiger partial charge in [0.1, 0.15) is 5.82 Å². The summed E-state index contributed by atoms with van der Waals surface area (Å²) in [6.07, 6.45) is 1.81. The van der Waals surface area contributed by atoms with Gasteiger partial charge in [-0.1, -0.05) is 45.0 Å². The molecule has 0 atom stereocenters. The molecule has 4 aromatic rings. The van der Waals surface area contributed by atoms with Crippen LogP contribution in [-0.4, -0.2) is 15.8 Å². The summed E-state index contributed by atoms with van der Waals surface area (Å²) in [4.78, 5) is 19.0. The predicted molar refractivity (Wildman–Crippen MR) is 117 cm³/mol. The van der Waals surface area contributed by atoms with Gasteiger partial charge in [0.25, 0.3) is 0 Å². The summed E-state index contributed by atoms with van der Waals surface area (Å²) in [5, 5.41) is 4.50. The van der Waals surface area contributed by atoms with Crippen molar-refractivity contribution in [3.8, 4) is 11.3 Å². The number of fused-ring (bicyclic) bond motifs is 2. The van der Waals surface area contributed by atoms with Gasteiger partial charge in [0.05, 0.1) is 18.4 Å². The van der Waals surface area contributed by atoms with Crippen molar-refractivity contribution < 1.29 is 4.79 Å². The first-order valence-corrected chi connectivity index (χ1v) is 9.60. The Kier molecular flexibility index (Phi) is 5.90. The molecule has 1 aromatic heterocycles. The molecule has 0 aliphatic heterocycles. The Labute approximate surface area is 165 Å². The lowest BCUT2D eigenvalue weighted by molar-refractivity contribution is 0.101. The van der Waals surface area contributed by atoms with Crippen LogP contribution in [0.15, 0.2) is 54.7 Å². The largest absolute Gasteiger partial charge is 0.341 e. The van der Waals surface area contributed by atoms with E-state index in [2.05, 4.69) is 61.1 Å². The Morgan fingerprint density at radius 2 is 1.57 bits per heavy atom. The molecule has 3 N–H and O–H groups in total. The second kappa shape index (κ2) is 8.36.